The van der Waals surface area contributed by atoms with Gasteiger partial charge in [0, 0.05) is 22.5 Å². The molecular formula is C31H31N2. The largest absolute Gasteiger partial charge is 0.315 e. The minimum Gasteiger partial charge on any atom is -0.315 e. The van der Waals surface area contributed by atoms with Gasteiger partial charge in [0.2, 0.25) is 0 Å². The zero-order valence-electron chi connectivity index (χ0n) is 20.4. The SMILES string of the molecule is Cc1cc(C)c(N2[CH]N(c3c(C)cc(C)cc3C)c3ccccc3-c3ccccc32)c(C)c1. The third-order valence-corrected chi connectivity index (χ3v) is 6.60. The van der Waals surface area contributed by atoms with Gasteiger partial charge in [-0.15, -0.1) is 0 Å². The molecule has 0 bridgehead atoms. The van der Waals surface area contributed by atoms with E-state index in [1.807, 2.05) is 0 Å². The van der Waals surface area contributed by atoms with Gasteiger partial charge in [-0.3, -0.25) is 0 Å². The van der Waals surface area contributed by atoms with Gasteiger partial charge in [0.1, 0.15) is 0 Å². The molecule has 5 rings (SSSR count). The van der Waals surface area contributed by atoms with E-state index in [1.54, 1.807) is 0 Å². The summed E-state index contributed by atoms with van der Waals surface area (Å²) in [6.45, 7) is 15.5. The van der Waals surface area contributed by atoms with Gasteiger partial charge < -0.3 is 9.80 Å². The zero-order valence-corrected chi connectivity index (χ0v) is 20.4. The van der Waals surface area contributed by atoms with E-state index in [2.05, 4.69) is 131 Å². The highest BCUT2D eigenvalue weighted by atomic mass is 15.3. The number of rotatable bonds is 2. The van der Waals surface area contributed by atoms with Crippen molar-refractivity contribution in [3.8, 4) is 11.1 Å². The maximum Gasteiger partial charge on any atom is 0.151 e. The normalized spacial score (nSPS) is 12.9. The smallest absolute Gasteiger partial charge is 0.151 e. The van der Waals surface area contributed by atoms with Crippen LogP contribution in [0.4, 0.5) is 22.7 Å². The van der Waals surface area contributed by atoms with Crippen LogP contribution in [-0.4, -0.2) is 0 Å². The highest BCUT2D eigenvalue weighted by Crippen LogP contribution is 2.49. The molecule has 0 amide bonds. The van der Waals surface area contributed by atoms with Crippen LogP contribution in [0.15, 0.2) is 72.8 Å². The van der Waals surface area contributed by atoms with Crippen molar-refractivity contribution in [1.29, 1.82) is 0 Å². The van der Waals surface area contributed by atoms with E-state index in [0.29, 0.717) is 0 Å². The summed E-state index contributed by atoms with van der Waals surface area (Å²) in [5.74, 6) is 0. The maximum absolute atomic E-state index is 2.39. The number of anilines is 4. The maximum atomic E-state index is 2.39. The van der Waals surface area contributed by atoms with Crippen LogP contribution in [0, 0.1) is 48.2 Å². The molecule has 2 nitrogen and oxygen atoms in total. The third kappa shape index (κ3) is 3.60. The Labute approximate surface area is 198 Å². The van der Waals surface area contributed by atoms with Crippen molar-refractivity contribution in [2.24, 2.45) is 0 Å². The van der Waals surface area contributed by atoms with Gasteiger partial charge >= 0.3 is 0 Å². The lowest BCUT2D eigenvalue weighted by molar-refractivity contribution is 1.03. The van der Waals surface area contributed by atoms with Crippen molar-refractivity contribution in [1.82, 2.24) is 0 Å². The summed E-state index contributed by atoms with van der Waals surface area (Å²) in [7, 11) is 0. The third-order valence-electron chi connectivity index (χ3n) is 6.60. The van der Waals surface area contributed by atoms with Gasteiger partial charge in [-0.05, 0) is 75.9 Å². The molecular weight excluding hydrogens is 400 g/mol. The van der Waals surface area contributed by atoms with Gasteiger partial charge in [0.05, 0.1) is 11.4 Å². The number of para-hydroxylation sites is 2. The molecule has 0 aromatic heterocycles. The average molecular weight is 432 g/mol. The predicted molar refractivity (Wildman–Crippen MR) is 142 cm³/mol. The van der Waals surface area contributed by atoms with Crippen LogP contribution in [-0.2, 0) is 0 Å². The molecule has 0 saturated carbocycles. The average Bonchev–Trinajstić information content (AvgIpc) is 2.89. The van der Waals surface area contributed by atoms with Crippen LogP contribution in [0.3, 0.4) is 0 Å². The number of fused-ring (bicyclic) bond motifs is 3. The number of aryl methyl sites for hydroxylation is 6. The van der Waals surface area contributed by atoms with E-state index >= 15 is 0 Å². The van der Waals surface area contributed by atoms with Crippen molar-refractivity contribution in [3.05, 3.63) is 113 Å². The molecule has 0 unspecified atom stereocenters. The van der Waals surface area contributed by atoms with Crippen LogP contribution >= 0.6 is 0 Å². The summed E-state index contributed by atoms with van der Waals surface area (Å²) in [5, 5.41) is 0. The molecule has 4 aromatic rings. The molecule has 1 heterocycles. The van der Waals surface area contributed by atoms with Crippen molar-refractivity contribution >= 4 is 22.7 Å². The quantitative estimate of drug-likeness (QED) is 0.313. The fourth-order valence-corrected chi connectivity index (χ4v) is 5.52. The number of hydrogen-bond acceptors (Lipinski definition) is 2. The first kappa shape index (κ1) is 21.3. The first-order valence-electron chi connectivity index (χ1n) is 11.6. The summed E-state index contributed by atoms with van der Waals surface area (Å²) >= 11 is 0. The lowest BCUT2D eigenvalue weighted by Crippen LogP contribution is -2.27. The first-order valence-corrected chi connectivity index (χ1v) is 11.6. The second-order valence-electron chi connectivity index (χ2n) is 9.38. The Hall–Kier alpha value is -3.52. The molecule has 0 saturated heterocycles. The molecule has 33 heavy (non-hydrogen) atoms. The van der Waals surface area contributed by atoms with Crippen LogP contribution in [0.1, 0.15) is 33.4 Å². The molecule has 4 aromatic carbocycles. The van der Waals surface area contributed by atoms with Crippen LogP contribution in [0.2, 0.25) is 0 Å². The van der Waals surface area contributed by atoms with Crippen molar-refractivity contribution < 1.29 is 0 Å². The standard InChI is InChI=1S/C31H31N2/c1-20-15-22(3)30(23(4)16-20)32-19-33(31-24(5)17-21(2)18-25(31)6)29-14-10-8-12-27(29)26-11-7-9-13-28(26)32/h7-19H,1-6H3. The fourth-order valence-electron chi connectivity index (χ4n) is 5.52. The molecule has 1 aliphatic heterocycles. The van der Waals surface area contributed by atoms with E-state index in [9.17, 15) is 0 Å². The Balaban J connectivity index is 1.82. The Morgan fingerprint density at radius 3 is 1.15 bits per heavy atom. The monoisotopic (exact) mass is 431 g/mol. The summed E-state index contributed by atoms with van der Waals surface area (Å²) in [4.78, 5) is 4.77. The highest BCUT2D eigenvalue weighted by molar-refractivity contribution is 5.96. The van der Waals surface area contributed by atoms with Gasteiger partial charge in [-0.1, -0.05) is 71.8 Å². The Kier molecular flexibility index (Phi) is 5.25. The van der Waals surface area contributed by atoms with Gasteiger partial charge in [0.15, 0.2) is 6.67 Å². The van der Waals surface area contributed by atoms with Gasteiger partial charge in [0.25, 0.3) is 0 Å². The highest BCUT2D eigenvalue weighted by Gasteiger charge is 2.29. The van der Waals surface area contributed by atoms with Crippen molar-refractivity contribution in [3.63, 3.8) is 0 Å². The lowest BCUT2D eigenvalue weighted by Gasteiger charge is -2.34. The van der Waals surface area contributed by atoms with Gasteiger partial charge in [-0.25, -0.2) is 0 Å². The zero-order chi connectivity index (χ0) is 23.3. The van der Waals surface area contributed by atoms with Gasteiger partial charge in [-0.2, -0.15) is 0 Å². The predicted octanol–water partition coefficient (Wildman–Crippen LogP) is 8.61. The molecule has 0 atom stereocenters. The summed E-state index contributed by atoms with van der Waals surface area (Å²) in [6, 6.07) is 26.6. The van der Waals surface area contributed by atoms with Crippen LogP contribution < -0.4 is 9.80 Å². The minimum atomic E-state index is 1.20. The minimum absolute atomic E-state index is 1.20. The molecule has 165 valence electrons. The second kappa shape index (κ2) is 8.12. The summed E-state index contributed by atoms with van der Waals surface area (Å²) in [5.41, 5.74) is 15.1. The summed E-state index contributed by atoms with van der Waals surface area (Å²) < 4.78 is 0. The number of hydrogen-bond donors (Lipinski definition) is 0. The van der Waals surface area contributed by atoms with E-state index in [1.165, 1.54) is 67.3 Å². The Morgan fingerprint density at radius 2 is 0.788 bits per heavy atom. The van der Waals surface area contributed by atoms with E-state index in [4.69, 9.17) is 0 Å². The van der Waals surface area contributed by atoms with Crippen LogP contribution in [0.5, 0.6) is 0 Å². The molecule has 1 radical (unpaired) electrons. The lowest BCUT2D eigenvalue weighted by atomic mass is 9.99. The molecule has 0 aliphatic carbocycles. The van der Waals surface area contributed by atoms with E-state index in [-0.39, 0.29) is 0 Å². The topological polar surface area (TPSA) is 6.48 Å². The van der Waals surface area contributed by atoms with Crippen molar-refractivity contribution in [2.45, 2.75) is 41.5 Å². The van der Waals surface area contributed by atoms with E-state index < -0.39 is 0 Å². The second-order valence-corrected chi connectivity index (χ2v) is 9.38. The van der Waals surface area contributed by atoms with Crippen molar-refractivity contribution in [2.75, 3.05) is 9.80 Å². The number of nitrogens with zero attached hydrogens (tertiary/aromatic N) is 2. The molecule has 2 heteroatoms. The number of benzene rings is 4. The Bertz CT molecular complexity index is 1210. The fraction of sp³-hybridized carbons (Fsp3) is 0.194. The summed E-state index contributed by atoms with van der Waals surface area (Å²) in [6.07, 6.45) is 0. The molecule has 0 fully saturated rings. The molecule has 1 aliphatic rings. The van der Waals surface area contributed by atoms with Crippen LogP contribution in [0.25, 0.3) is 11.1 Å². The van der Waals surface area contributed by atoms with E-state index in [0.717, 1.165) is 0 Å². The molecule has 0 N–H and O–H groups in total. The Morgan fingerprint density at radius 1 is 0.455 bits per heavy atom. The molecule has 0 spiro atoms. The first-order chi connectivity index (χ1) is 15.8.